The van der Waals surface area contributed by atoms with Crippen molar-refractivity contribution >= 4 is 16.9 Å². The molecule has 0 aliphatic carbocycles. The Hall–Kier alpha value is -2.66. The molecule has 0 fully saturated rings. The molecule has 0 aliphatic rings. The van der Waals surface area contributed by atoms with Crippen molar-refractivity contribution in [3.05, 3.63) is 65.5 Å². The molecule has 0 spiro atoms. The fourth-order valence-corrected chi connectivity index (χ4v) is 3.22. The Kier molecular flexibility index (Phi) is 6.60. The zero-order chi connectivity index (χ0) is 19.1. The summed E-state index contributed by atoms with van der Waals surface area (Å²) in [4.78, 5) is 17.0. The van der Waals surface area contributed by atoms with Gasteiger partial charge in [0.1, 0.15) is 5.82 Å². The van der Waals surface area contributed by atoms with Gasteiger partial charge in [-0.05, 0) is 37.1 Å². The lowest BCUT2D eigenvalue weighted by molar-refractivity contribution is -0.120. The molecule has 2 aromatic carbocycles. The molecular formula is C22H27N3O2. The fourth-order valence-electron chi connectivity index (χ4n) is 3.22. The number of hydrogen-bond donors (Lipinski definition) is 1. The van der Waals surface area contributed by atoms with Crippen LogP contribution in [0.4, 0.5) is 0 Å². The first-order valence-corrected chi connectivity index (χ1v) is 9.52. The third-order valence-electron chi connectivity index (χ3n) is 4.68. The molecule has 3 aromatic rings. The average Bonchev–Trinajstić information content (AvgIpc) is 3.01. The van der Waals surface area contributed by atoms with Crippen LogP contribution in [-0.4, -0.2) is 35.2 Å². The van der Waals surface area contributed by atoms with Gasteiger partial charge in [0, 0.05) is 26.1 Å². The van der Waals surface area contributed by atoms with E-state index < -0.39 is 0 Å². The number of imidazole rings is 1. The van der Waals surface area contributed by atoms with E-state index in [1.165, 1.54) is 0 Å². The van der Waals surface area contributed by atoms with Gasteiger partial charge in [0.05, 0.1) is 24.1 Å². The van der Waals surface area contributed by atoms with Gasteiger partial charge in [0.25, 0.3) is 0 Å². The third-order valence-corrected chi connectivity index (χ3v) is 4.68. The van der Waals surface area contributed by atoms with Crippen molar-refractivity contribution in [3.63, 3.8) is 0 Å². The van der Waals surface area contributed by atoms with Crippen LogP contribution < -0.4 is 5.32 Å². The van der Waals surface area contributed by atoms with Crippen LogP contribution in [0, 0.1) is 6.92 Å². The van der Waals surface area contributed by atoms with Crippen LogP contribution in [0.2, 0.25) is 0 Å². The predicted octanol–water partition coefficient (Wildman–Crippen LogP) is 3.28. The van der Waals surface area contributed by atoms with Gasteiger partial charge in [0.15, 0.2) is 0 Å². The number of amides is 1. The Labute approximate surface area is 160 Å². The summed E-state index contributed by atoms with van der Waals surface area (Å²) in [6.45, 7) is 6.73. The largest absolute Gasteiger partial charge is 0.380 e. The SMILES string of the molecule is CCOCCn1c(CCNC(=O)Cc2ccccc2C)nc2ccccc21. The Balaban J connectivity index is 1.61. The molecule has 3 rings (SSSR count). The van der Waals surface area contributed by atoms with Gasteiger partial charge >= 0.3 is 0 Å². The normalized spacial score (nSPS) is 11.0. The number of nitrogens with zero attached hydrogens (tertiary/aromatic N) is 2. The minimum Gasteiger partial charge on any atom is -0.380 e. The summed E-state index contributed by atoms with van der Waals surface area (Å²) in [7, 11) is 0. The van der Waals surface area contributed by atoms with Gasteiger partial charge < -0.3 is 14.6 Å². The summed E-state index contributed by atoms with van der Waals surface area (Å²) in [6.07, 6.45) is 1.10. The van der Waals surface area contributed by atoms with Crippen LogP contribution in [0.15, 0.2) is 48.5 Å². The van der Waals surface area contributed by atoms with E-state index in [0.29, 0.717) is 32.6 Å². The highest BCUT2D eigenvalue weighted by molar-refractivity contribution is 5.79. The number of ether oxygens (including phenoxy) is 1. The van der Waals surface area contributed by atoms with Crippen LogP contribution in [0.25, 0.3) is 11.0 Å². The summed E-state index contributed by atoms with van der Waals surface area (Å²) >= 11 is 0. The molecule has 0 unspecified atom stereocenters. The predicted molar refractivity (Wildman–Crippen MR) is 108 cm³/mol. The molecule has 0 radical (unpaired) electrons. The standard InChI is InChI=1S/C22H27N3O2/c1-3-27-15-14-25-20-11-7-6-10-19(20)24-21(25)12-13-23-22(26)16-18-9-5-4-8-17(18)2/h4-11H,3,12-16H2,1-2H3,(H,23,26). The summed E-state index contributed by atoms with van der Waals surface area (Å²) in [5.41, 5.74) is 4.30. The second-order valence-corrected chi connectivity index (χ2v) is 6.57. The summed E-state index contributed by atoms with van der Waals surface area (Å²) < 4.78 is 7.71. The van der Waals surface area contributed by atoms with Crippen molar-refractivity contribution in [2.45, 2.75) is 33.2 Å². The van der Waals surface area contributed by atoms with Crippen molar-refractivity contribution in [1.29, 1.82) is 0 Å². The molecular weight excluding hydrogens is 338 g/mol. The second kappa shape index (κ2) is 9.33. The highest BCUT2D eigenvalue weighted by Crippen LogP contribution is 2.16. The quantitative estimate of drug-likeness (QED) is 0.592. The Morgan fingerprint density at radius 3 is 2.74 bits per heavy atom. The summed E-state index contributed by atoms with van der Waals surface area (Å²) in [5, 5.41) is 3.02. The number of rotatable bonds is 9. The Morgan fingerprint density at radius 2 is 1.93 bits per heavy atom. The smallest absolute Gasteiger partial charge is 0.224 e. The van der Waals surface area contributed by atoms with Crippen LogP contribution in [0.3, 0.4) is 0 Å². The van der Waals surface area contributed by atoms with E-state index in [0.717, 1.165) is 34.5 Å². The first kappa shape index (κ1) is 19.1. The Bertz CT molecular complexity index is 901. The van der Waals surface area contributed by atoms with Crippen molar-refractivity contribution in [2.24, 2.45) is 0 Å². The van der Waals surface area contributed by atoms with Crippen LogP contribution in [-0.2, 0) is 28.9 Å². The van der Waals surface area contributed by atoms with E-state index in [1.807, 2.05) is 56.3 Å². The van der Waals surface area contributed by atoms with E-state index in [4.69, 9.17) is 9.72 Å². The lowest BCUT2D eigenvalue weighted by Crippen LogP contribution is -2.28. The number of nitrogens with one attached hydrogen (secondary N) is 1. The highest BCUT2D eigenvalue weighted by Gasteiger charge is 2.11. The van der Waals surface area contributed by atoms with E-state index in [9.17, 15) is 4.79 Å². The maximum absolute atomic E-state index is 12.3. The minimum absolute atomic E-state index is 0.0428. The fraction of sp³-hybridized carbons (Fsp3) is 0.364. The van der Waals surface area contributed by atoms with Gasteiger partial charge in [-0.1, -0.05) is 36.4 Å². The third kappa shape index (κ3) is 4.95. The lowest BCUT2D eigenvalue weighted by Gasteiger charge is -2.10. The second-order valence-electron chi connectivity index (χ2n) is 6.57. The van der Waals surface area contributed by atoms with Crippen molar-refractivity contribution < 1.29 is 9.53 Å². The number of benzene rings is 2. The van der Waals surface area contributed by atoms with Crippen molar-refractivity contribution in [3.8, 4) is 0 Å². The van der Waals surface area contributed by atoms with E-state index in [-0.39, 0.29) is 5.91 Å². The summed E-state index contributed by atoms with van der Waals surface area (Å²) in [5.74, 6) is 1.02. The first-order valence-electron chi connectivity index (χ1n) is 9.52. The molecule has 0 saturated carbocycles. The van der Waals surface area contributed by atoms with Gasteiger partial charge in [-0.2, -0.15) is 0 Å². The van der Waals surface area contributed by atoms with E-state index in [2.05, 4.69) is 16.0 Å². The molecule has 1 heterocycles. The molecule has 0 bridgehead atoms. The number of para-hydroxylation sites is 2. The molecule has 142 valence electrons. The molecule has 1 aromatic heterocycles. The van der Waals surface area contributed by atoms with Gasteiger partial charge in [0.2, 0.25) is 5.91 Å². The highest BCUT2D eigenvalue weighted by atomic mass is 16.5. The lowest BCUT2D eigenvalue weighted by atomic mass is 10.1. The van der Waals surface area contributed by atoms with Crippen LogP contribution in [0.1, 0.15) is 23.9 Å². The van der Waals surface area contributed by atoms with Gasteiger partial charge in [-0.15, -0.1) is 0 Å². The number of carbonyl (C=O) groups is 1. The molecule has 1 amide bonds. The molecule has 0 atom stereocenters. The first-order chi connectivity index (χ1) is 13.2. The molecule has 0 saturated heterocycles. The topological polar surface area (TPSA) is 56.1 Å². The molecule has 5 nitrogen and oxygen atoms in total. The number of carbonyl (C=O) groups excluding carboxylic acids is 1. The number of aryl methyl sites for hydroxylation is 1. The zero-order valence-electron chi connectivity index (χ0n) is 16.1. The molecule has 0 aliphatic heterocycles. The Morgan fingerprint density at radius 1 is 1.15 bits per heavy atom. The van der Waals surface area contributed by atoms with Crippen LogP contribution in [0.5, 0.6) is 0 Å². The van der Waals surface area contributed by atoms with Gasteiger partial charge in [-0.3, -0.25) is 4.79 Å². The number of hydrogen-bond acceptors (Lipinski definition) is 3. The van der Waals surface area contributed by atoms with Crippen molar-refractivity contribution in [2.75, 3.05) is 19.8 Å². The van der Waals surface area contributed by atoms with Gasteiger partial charge in [-0.25, -0.2) is 4.98 Å². The monoisotopic (exact) mass is 365 g/mol. The zero-order valence-corrected chi connectivity index (χ0v) is 16.1. The molecule has 1 N–H and O–H groups in total. The minimum atomic E-state index is 0.0428. The number of fused-ring (bicyclic) bond motifs is 1. The van der Waals surface area contributed by atoms with E-state index >= 15 is 0 Å². The van der Waals surface area contributed by atoms with Crippen LogP contribution >= 0.6 is 0 Å². The van der Waals surface area contributed by atoms with E-state index in [1.54, 1.807) is 0 Å². The number of aromatic nitrogens is 2. The molecule has 5 heteroatoms. The van der Waals surface area contributed by atoms with Crippen molar-refractivity contribution in [1.82, 2.24) is 14.9 Å². The molecule has 27 heavy (non-hydrogen) atoms. The maximum Gasteiger partial charge on any atom is 0.224 e. The average molecular weight is 365 g/mol. The summed E-state index contributed by atoms with van der Waals surface area (Å²) in [6, 6.07) is 16.1. The maximum atomic E-state index is 12.3.